The molecular formula is C14H21NO3. The molecule has 2 N–H and O–H groups in total. The molecule has 0 amide bonds. The SMILES string of the molecule is CCN(CC(C)(C)O)c1ccc(C(=O)O)c(C)c1. The molecule has 0 saturated carbocycles. The average Bonchev–Trinajstić information content (AvgIpc) is 2.24. The summed E-state index contributed by atoms with van der Waals surface area (Å²) in [5, 5.41) is 18.8. The Morgan fingerprint density at radius 2 is 2.00 bits per heavy atom. The zero-order valence-corrected chi connectivity index (χ0v) is 11.4. The number of nitrogens with zero attached hydrogens (tertiary/aromatic N) is 1. The number of carboxylic acid groups (broad SMARTS) is 1. The molecule has 4 nitrogen and oxygen atoms in total. The Bertz CT molecular complexity index is 435. The second-order valence-corrected chi connectivity index (χ2v) is 5.13. The molecule has 0 aliphatic heterocycles. The molecular weight excluding hydrogens is 230 g/mol. The summed E-state index contributed by atoms with van der Waals surface area (Å²) < 4.78 is 0. The Morgan fingerprint density at radius 3 is 2.39 bits per heavy atom. The van der Waals surface area contributed by atoms with E-state index in [1.807, 2.05) is 17.9 Å². The number of hydrogen-bond donors (Lipinski definition) is 2. The normalized spacial score (nSPS) is 11.4. The van der Waals surface area contributed by atoms with E-state index in [0.29, 0.717) is 12.1 Å². The molecule has 0 aliphatic carbocycles. The van der Waals surface area contributed by atoms with Gasteiger partial charge in [0.2, 0.25) is 0 Å². The van der Waals surface area contributed by atoms with Crippen LogP contribution in [0.2, 0.25) is 0 Å². The van der Waals surface area contributed by atoms with Crippen molar-refractivity contribution < 1.29 is 15.0 Å². The average molecular weight is 251 g/mol. The molecule has 4 heteroatoms. The standard InChI is InChI=1S/C14H21NO3/c1-5-15(9-14(3,4)18)11-6-7-12(13(16)17)10(2)8-11/h6-8,18H,5,9H2,1-4H3,(H,16,17). The molecule has 0 unspecified atom stereocenters. The molecule has 1 aromatic carbocycles. The third kappa shape index (κ3) is 3.74. The minimum atomic E-state index is -0.912. The quantitative estimate of drug-likeness (QED) is 0.843. The number of aryl methyl sites for hydroxylation is 1. The minimum absolute atomic E-state index is 0.318. The highest BCUT2D eigenvalue weighted by atomic mass is 16.4. The number of anilines is 1. The number of aromatic carboxylic acids is 1. The molecule has 0 spiro atoms. The highest BCUT2D eigenvalue weighted by Crippen LogP contribution is 2.21. The van der Waals surface area contributed by atoms with Crippen LogP contribution < -0.4 is 4.90 Å². The number of hydrogen-bond acceptors (Lipinski definition) is 3. The molecule has 100 valence electrons. The van der Waals surface area contributed by atoms with Crippen molar-refractivity contribution in [3.05, 3.63) is 29.3 Å². The first-order valence-electron chi connectivity index (χ1n) is 6.06. The molecule has 0 radical (unpaired) electrons. The van der Waals surface area contributed by atoms with Gasteiger partial charge in [0.1, 0.15) is 0 Å². The summed E-state index contributed by atoms with van der Waals surface area (Å²) in [5.74, 6) is -0.912. The van der Waals surface area contributed by atoms with E-state index in [9.17, 15) is 9.90 Å². The van der Waals surface area contributed by atoms with Gasteiger partial charge in [-0.2, -0.15) is 0 Å². The van der Waals surface area contributed by atoms with E-state index in [1.165, 1.54) is 0 Å². The van der Waals surface area contributed by atoms with Gasteiger partial charge in [-0.15, -0.1) is 0 Å². The molecule has 1 aromatic rings. The first-order valence-corrected chi connectivity index (χ1v) is 6.06. The summed E-state index contributed by atoms with van der Waals surface area (Å²) in [6.07, 6.45) is 0. The number of carboxylic acids is 1. The fourth-order valence-electron chi connectivity index (χ4n) is 1.94. The summed E-state index contributed by atoms with van der Waals surface area (Å²) in [4.78, 5) is 13.0. The van der Waals surface area contributed by atoms with E-state index in [4.69, 9.17) is 5.11 Å². The molecule has 18 heavy (non-hydrogen) atoms. The fourth-order valence-corrected chi connectivity index (χ4v) is 1.94. The van der Waals surface area contributed by atoms with Gasteiger partial charge in [-0.1, -0.05) is 0 Å². The lowest BCUT2D eigenvalue weighted by Gasteiger charge is -2.30. The Labute approximate surface area is 108 Å². The third-order valence-electron chi connectivity index (χ3n) is 2.77. The predicted molar refractivity (Wildman–Crippen MR) is 72.3 cm³/mol. The highest BCUT2D eigenvalue weighted by Gasteiger charge is 2.18. The second-order valence-electron chi connectivity index (χ2n) is 5.13. The summed E-state index contributed by atoms with van der Waals surface area (Å²) in [7, 11) is 0. The van der Waals surface area contributed by atoms with Gasteiger partial charge in [0.25, 0.3) is 0 Å². The molecule has 0 saturated heterocycles. The van der Waals surface area contributed by atoms with E-state index < -0.39 is 11.6 Å². The van der Waals surface area contributed by atoms with Crippen LogP contribution in [0.5, 0.6) is 0 Å². The maximum Gasteiger partial charge on any atom is 0.335 e. The van der Waals surface area contributed by atoms with Gasteiger partial charge < -0.3 is 15.1 Å². The first kappa shape index (κ1) is 14.5. The maximum absolute atomic E-state index is 10.9. The number of carbonyl (C=O) groups is 1. The number of benzene rings is 1. The van der Waals surface area contributed by atoms with Crippen LogP contribution in [0.15, 0.2) is 18.2 Å². The van der Waals surface area contributed by atoms with Gasteiger partial charge in [0.05, 0.1) is 11.2 Å². The molecule has 0 heterocycles. The fraction of sp³-hybridized carbons (Fsp3) is 0.500. The Morgan fingerprint density at radius 1 is 1.39 bits per heavy atom. The van der Waals surface area contributed by atoms with E-state index in [2.05, 4.69) is 0 Å². The van der Waals surface area contributed by atoms with Crippen molar-refractivity contribution >= 4 is 11.7 Å². The van der Waals surface area contributed by atoms with Crippen LogP contribution in [0.3, 0.4) is 0 Å². The van der Waals surface area contributed by atoms with Crippen molar-refractivity contribution in [1.82, 2.24) is 0 Å². The van der Waals surface area contributed by atoms with Gasteiger partial charge in [0, 0.05) is 18.8 Å². The van der Waals surface area contributed by atoms with E-state index in [0.717, 1.165) is 17.8 Å². The third-order valence-corrected chi connectivity index (χ3v) is 2.77. The van der Waals surface area contributed by atoms with Gasteiger partial charge in [-0.05, 0) is 51.5 Å². The van der Waals surface area contributed by atoms with Crippen LogP contribution in [0.25, 0.3) is 0 Å². The number of rotatable bonds is 5. The first-order chi connectivity index (χ1) is 8.24. The molecule has 0 aliphatic rings. The van der Waals surface area contributed by atoms with Crippen LogP contribution in [-0.2, 0) is 0 Å². The molecule has 0 fully saturated rings. The summed E-state index contributed by atoms with van der Waals surface area (Å²) in [6, 6.07) is 5.24. The Balaban J connectivity index is 3.01. The van der Waals surface area contributed by atoms with E-state index in [1.54, 1.807) is 32.9 Å². The number of likely N-dealkylation sites (N-methyl/N-ethyl adjacent to an activating group) is 1. The highest BCUT2D eigenvalue weighted by molar-refractivity contribution is 5.89. The maximum atomic E-state index is 10.9. The number of aliphatic hydroxyl groups is 1. The zero-order chi connectivity index (χ0) is 13.9. The lowest BCUT2D eigenvalue weighted by atomic mass is 10.1. The summed E-state index contributed by atoms with van der Waals surface area (Å²) >= 11 is 0. The monoisotopic (exact) mass is 251 g/mol. The van der Waals surface area contributed by atoms with Crippen LogP contribution in [0.1, 0.15) is 36.7 Å². The predicted octanol–water partition coefficient (Wildman–Crippen LogP) is 2.29. The minimum Gasteiger partial charge on any atom is -0.478 e. The zero-order valence-electron chi connectivity index (χ0n) is 11.4. The van der Waals surface area contributed by atoms with Crippen molar-refractivity contribution in [2.45, 2.75) is 33.3 Å². The van der Waals surface area contributed by atoms with Crippen molar-refractivity contribution in [2.75, 3.05) is 18.0 Å². The topological polar surface area (TPSA) is 60.8 Å². The molecule has 0 atom stereocenters. The lowest BCUT2D eigenvalue weighted by Crippen LogP contribution is -2.38. The smallest absolute Gasteiger partial charge is 0.335 e. The largest absolute Gasteiger partial charge is 0.478 e. The summed E-state index contributed by atoms with van der Waals surface area (Å²) in [5.41, 5.74) is 1.20. The van der Waals surface area contributed by atoms with Gasteiger partial charge in [0.15, 0.2) is 0 Å². The molecule has 1 rings (SSSR count). The van der Waals surface area contributed by atoms with Crippen molar-refractivity contribution in [2.24, 2.45) is 0 Å². The Hall–Kier alpha value is -1.55. The van der Waals surface area contributed by atoms with E-state index >= 15 is 0 Å². The van der Waals surface area contributed by atoms with Gasteiger partial charge in [-0.25, -0.2) is 4.79 Å². The lowest BCUT2D eigenvalue weighted by molar-refractivity contribution is 0.0695. The van der Waals surface area contributed by atoms with Crippen molar-refractivity contribution in [1.29, 1.82) is 0 Å². The van der Waals surface area contributed by atoms with Gasteiger partial charge in [-0.3, -0.25) is 0 Å². The van der Waals surface area contributed by atoms with Crippen LogP contribution in [0, 0.1) is 6.92 Å². The van der Waals surface area contributed by atoms with Crippen molar-refractivity contribution in [3.63, 3.8) is 0 Å². The van der Waals surface area contributed by atoms with Gasteiger partial charge >= 0.3 is 5.97 Å². The van der Waals surface area contributed by atoms with Crippen LogP contribution in [0.4, 0.5) is 5.69 Å². The summed E-state index contributed by atoms with van der Waals surface area (Å²) in [6.45, 7) is 8.57. The molecule has 0 bridgehead atoms. The van der Waals surface area contributed by atoms with Crippen LogP contribution >= 0.6 is 0 Å². The van der Waals surface area contributed by atoms with E-state index in [-0.39, 0.29) is 0 Å². The van der Waals surface area contributed by atoms with Crippen molar-refractivity contribution in [3.8, 4) is 0 Å². The Kier molecular flexibility index (Phi) is 4.35. The molecule has 0 aromatic heterocycles. The second kappa shape index (κ2) is 5.40. The van der Waals surface area contributed by atoms with Crippen LogP contribution in [-0.4, -0.2) is 34.9 Å².